The zero-order valence-corrected chi connectivity index (χ0v) is 7.65. The van der Waals surface area contributed by atoms with Crippen LogP contribution in [0.4, 0.5) is 5.69 Å². The number of nitroso groups, excluding NO2 is 1. The summed E-state index contributed by atoms with van der Waals surface area (Å²) in [6.07, 6.45) is 0. The van der Waals surface area contributed by atoms with Crippen molar-refractivity contribution in [3.05, 3.63) is 28.7 Å². The van der Waals surface area contributed by atoms with E-state index in [1.165, 1.54) is 18.2 Å². The lowest BCUT2D eigenvalue weighted by Crippen LogP contribution is -1.91. The van der Waals surface area contributed by atoms with Crippen LogP contribution in [-0.2, 0) is 11.0 Å². The molecule has 0 amide bonds. The number of nitrogens with zero attached hydrogens (tertiary/aromatic N) is 1. The molecule has 0 aromatic heterocycles. The zero-order chi connectivity index (χ0) is 9.84. The van der Waals surface area contributed by atoms with Crippen LogP contribution in [0.15, 0.2) is 23.4 Å². The predicted octanol–water partition coefficient (Wildman–Crippen LogP) is 1.30. The van der Waals surface area contributed by atoms with E-state index in [1.807, 2.05) is 0 Å². The molecule has 13 heavy (non-hydrogen) atoms. The topological polar surface area (TPSA) is 72.8 Å². The van der Waals surface area contributed by atoms with E-state index in [1.54, 1.807) is 6.92 Å². The molecule has 0 unspecified atom stereocenters. The highest BCUT2D eigenvalue weighted by molar-refractivity contribution is 7.67. The number of hydrogen-bond acceptors (Lipinski definition) is 5. The summed E-state index contributed by atoms with van der Waals surface area (Å²) in [5, 5.41) is 2.70. The van der Waals surface area contributed by atoms with Crippen LogP contribution in [0, 0.1) is 11.8 Å². The van der Waals surface area contributed by atoms with E-state index < -0.39 is 11.0 Å². The molecular formula is C7H7NO4S. The van der Waals surface area contributed by atoms with E-state index in [-0.39, 0.29) is 11.4 Å². The van der Waals surface area contributed by atoms with Gasteiger partial charge in [-0.15, -0.1) is 4.91 Å². The van der Waals surface area contributed by atoms with E-state index in [9.17, 15) is 13.3 Å². The minimum absolute atomic E-state index is 0.212. The summed E-state index contributed by atoms with van der Waals surface area (Å²) >= 11 is 0. The Balaban J connectivity index is 3.04. The standard InChI is InChI=1S/C7H7NO4S/c1-5-4-6(8-9)2-3-7(5)12-13(10)11/h2-4,13H,1H3. The second-order valence-electron chi connectivity index (χ2n) is 2.36. The van der Waals surface area contributed by atoms with Gasteiger partial charge in [-0.05, 0) is 35.9 Å². The molecular weight excluding hydrogens is 194 g/mol. The minimum Gasteiger partial charge on any atom is -0.384 e. The van der Waals surface area contributed by atoms with Gasteiger partial charge in [0.2, 0.25) is 0 Å². The largest absolute Gasteiger partial charge is 0.384 e. The van der Waals surface area contributed by atoms with Gasteiger partial charge in [-0.25, -0.2) is 0 Å². The van der Waals surface area contributed by atoms with Crippen LogP contribution in [0.1, 0.15) is 5.56 Å². The fourth-order valence-electron chi connectivity index (χ4n) is 0.873. The van der Waals surface area contributed by atoms with Gasteiger partial charge in [-0.1, -0.05) is 0 Å². The number of aryl methyl sites for hydroxylation is 1. The van der Waals surface area contributed by atoms with Crippen molar-refractivity contribution < 1.29 is 12.6 Å². The molecule has 1 aromatic carbocycles. The first-order valence-electron chi connectivity index (χ1n) is 3.40. The summed E-state index contributed by atoms with van der Waals surface area (Å²) in [7, 11) is -2.92. The van der Waals surface area contributed by atoms with Gasteiger partial charge in [0.25, 0.3) is 11.0 Å². The third-order valence-corrected chi connectivity index (χ3v) is 1.78. The van der Waals surface area contributed by atoms with Crippen LogP contribution >= 0.6 is 0 Å². The Bertz CT molecular complexity index is 391. The first kappa shape index (κ1) is 9.66. The highest BCUT2D eigenvalue weighted by atomic mass is 32.2. The molecule has 0 aliphatic carbocycles. The van der Waals surface area contributed by atoms with Crippen molar-refractivity contribution in [3.63, 3.8) is 0 Å². The molecule has 0 aliphatic rings. The van der Waals surface area contributed by atoms with E-state index >= 15 is 0 Å². The number of rotatable bonds is 3. The van der Waals surface area contributed by atoms with Gasteiger partial charge in [0.1, 0.15) is 11.4 Å². The molecule has 0 aliphatic heterocycles. The molecule has 6 heteroatoms. The lowest BCUT2D eigenvalue weighted by molar-refractivity contribution is 0.508. The van der Waals surface area contributed by atoms with Gasteiger partial charge in [0.15, 0.2) is 0 Å². The Hall–Kier alpha value is -1.43. The van der Waals surface area contributed by atoms with E-state index in [4.69, 9.17) is 0 Å². The highest BCUT2D eigenvalue weighted by Crippen LogP contribution is 2.23. The van der Waals surface area contributed by atoms with Gasteiger partial charge >= 0.3 is 0 Å². The van der Waals surface area contributed by atoms with E-state index in [2.05, 4.69) is 9.36 Å². The molecule has 0 bridgehead atoms. The lowest BCUT2D eigenvalue weighted by Gasteiger charge is -2.01. The summed E-state index contributed by atoms with van der Waals surface area (Å²) in [4.78, 5) is 10.1. The average Bonchev–Trinajstić information content (AvgIpc) is 2.08. The number of hydrogen-bond donors (Lipinski definition) is 1. The fraction of sp³-hybridized carbons (Fsp3) is 0.143. The lowest BCUT2D eigenvalue weighted by atomic mass is 10.2. The molecule has 1 rings (SSSR count). The summed E-state index contributed by atoms with van der Waals surface area (Å²) < 4.78 is 24.9. The van der Waals surface area contributed by atoms with Crippen LogP contribution in [0.5, 0.6) is 5.75 Å². The van der Waals surface area contributed by atoms with Crippen molar-refractivity contribution in [1.29, 1.82) is 0 Å². The Morgan fingerprint density at radius 2 is 2.08 bits per heavy atom. The van der Waals surface area contributed by atoms with Crippen molar-refractivity contribution in [2.24, 2.45) is 5.18 Å². The third kappa shape index (κ3) is 2.51. The second kappa shape index (κ2) is 3.99. The quantitative estimate of drug-likeness (QED) is 0.590. The fourth-order valence-corrected chi connectivity index (χ4v) is 1.24. The average molecular weight is 201 g/mol. The Kier molecular flexibility index (Phi) is 2.97. The van der Waals surface area contributed by atoms with Crippen LogP contribution in [0.2, 0.25) is 0 Å². The van der Waals surface area contributed by atoms with Gasteiger partial charge in [0, 0.05) is 0 Å². The molecule has 0 spiro atoms. The molecule has 0 fully saturated rings. The molecule has 0 atom stereocenters. The van der Waals surface area contributed by atoms with Crippen LogP contribution in [0.25, 0.3) is 0 Å². The molecule has 1 aromatic rings. The smallest absolute Gasteiger partial charge is 0.299 e. The minimum atomic E-state index is -2.92. The van der Waals surface area contributed by atoms with Crippen molar-refractivity contribution >= 4 is 16.7 Å². The maximum absolute atomic E-state index is 10.2. The van der Waals surface area contributed by atoms with Crippen molar-refractivity contribution in [2.45, 2.75) is 6.92 Å². The van der Waals surface area contributed by atoms with Crippen molar-refractivity contribution in [2.75, 3.05) is 0 Å². The Morgan fingerprint density at radius 1 is 1.38 bits per heavy atom. The van der Waals surface area contributed by atoms with Gasteiger partial charge in [-0.2, -0.15) is 8.42 Å². The Morgan fingerprint density at radius 3 is 2.54 bits per heavy atom. The third-order valence-electron chi connectivity index (χ3n) is 1.44. The van der Waals surface area contributed by atoms with Crippen molar-refractivity contribution in [3.8, 4) is 5.75 Å². The first-order valence-corrected chi connectivity index (χ1v) is 4.49. The number of thiol groups is 1. The molecule has 0 heterocycles. The molecule has 0 radical (unpaired) electrons. The van der Waals surface area contributed by atoms with E-state index in [0.29, 0.717) is 5.56 Å². The zero-order valence-electron chi connectivity index (χ0n) is 6.76. The van der Waals surface area contributed by atoms with Crippen LogP contribution < -0.4 is 4.18 Å². The monoisotopic (exact) mass is 201 g/mol. The van der Waals surface area contributed by atoms with Gasteiger partial charge < -0.3 is 4.18 Å². The summed E-state index contributed by atoms with van der Waals surface area (Å²) in [5.41, 5.74) is 0.794. The summed E-state index contributed by atoms with van der Waals surface area (Å²) in [5.74, 6) is 0.212. The van der Waals surface area contributed by atoms with E-state index in [0.717, 1.165) is 0 Å². The molecule has 70 valence electrons. The predicted molar refractivity (Wildman–Crippen MR) is 47.6 cm³/mol. The highest BCUT2D eigenvalue weighted by Gasteiger charge is 2.01. The second-order valence-corrected chi connectivity index (χ2v) is 2.99. The van der Waals surface area contributed by atoms with Crippen LogP contribution in [-0.4, -0.2) is 8.42 Å². The summed E-state index contributed by atoms with van der Waals surface area (Å²) in [6, 6.07) is 4.21. The maximum atomic E-state index is 10.2. The maximum Gasteiger partial charge on any atom is 0.299 e. The van der Waals surface area contributed by atoms with Crippen molar-refractivity contribution in [1.82, 2.24) is 0 Å². The normalized spacial score (nSPS) is 10.0. The number of benzene rings is 1. The molecule has 0 saturated heterocycles. The van der Waals surface area contributed by atoms with Gasteiger partial charge in [0.05, 0.1) is 0 Å². The molecule has 0 N–H and O–H groups in total. The first-order chi connectivity index (χ1) is 6.13. The molecule has 5 nitrogen and oxygen atoms in total. The Labute approximate surface area is 76.5 Å². The van der Waals surface area contributed by atoms with Crippen LogP contribution in [0.3, 0.4) is 0 Å². The summed E-state index contributed by atoms with van der Waals surface area (Å²) in [6.45, 7) is 1.63. The molecule has 0 saturated carbocycles. The van der Waals surface area contributed by atoms with Gasteiger partial charge in [-0.3, -0.25) is 0 Å². The SMILES string of the molecule is Cc1cc(N=O)ccc1O[SH](=O)=O.